The first-order chi connectivity index (χ1) is 17.7. The molecule has 0 aliphatic carbocycles. The van der Waals surface area contributed by atoms with Gasteiger partial charge in [0.25, 0.3) is 5.91 Å². The molecule has 0 spiro atoms. The van der Waals surface area contributed by atoms with Gasteiger partial charge in [-0.2, -0.15) is 5.10 Å². The van der Waals surface area contributed by atoms with E-state index in [0.29, 0.717) is 44.4 Å². The molecule has 0 bridgehead atoms. The van der Waals surface area contributed by atoms with E-state index in [9.17, 15) is 9.59 Å². The Bertz CT molecular complexity index is 1400. The molecule has 2 amide bonds. The molecule has 0 saturated carbocycles. The van der Waals surface area contributed by atoms with Crippen LogP contribution in [0.25, 0.3) is 16.9 Å². The van der Waals surface area contributed by atoms with Crippen LogP contribution in [0.5, 0.6) is 0 Å². The van der Waals surface area contributed by atoms with Crippen LogP contribution in [-0.2, 0) is 4.79 Å². The summed E-state index contributed by atoms with van der Waals surface area (Å²) in [5.41, 5.74) is 2.49. The number of para-hydroxylation sites is 1. The van der Waals surface area contributed by atoms with Crippen molar-refractivity contribution in [3.63, 3.8) is 0 Å². The summed E-state index contributed by atoms with van der Waals surface area (Å²) in [6.07, 6.45) is 0. The Morgan fingerprint density at radius 2 is 1.57 bits per heavy atom. The Hall–Kier alpha value is -3.32. The van der Waals surface area contributed by atoms with Crippen molar-refractivity contribution in [2.45, 2.75) is 13.8 Å². The largest absolute Gasteiger partial charge is 0.329 e. The maximum absolute atomic E-state index is 13.3. The summed E-state index contributed by atoms with van der Waals surface area (Å²) in [7, 11) is 0. The fourth-order valence-corrected chi connectivity index (χ4v) is 4.64. The summed E-state index contributed by atoms with van der Waals surface area (Å²) in [5, 5.41) is 8.80. The molecule has 190 valence electrons. The highest BCUT2D eigenvalue weighted by Gasteiger charge is 2.22. The molecule has 3 aromatic carbocycles. The summed E-state index contributed by atoms with van der Waals surface area (Å²) in [6, 6.07) is 23.3. The lowest BCUT2D eigenvalue weighted by molar-refractivity contribution is -0.117. The van der Waals surface area contributed by atoms with Gasteiger partial charge in [-0.05, 0) is 36.2 Å². The number of anilines is 1. The van der Waals surface area contributed by atoms with Crippen molar-refractivity contribution < 1.29 is 9.59 Å². The second kappa shape index (κ2) is 11.8. The van der Waals surface area contributed by atoms with E-state index in [0.717, 1.165) is 5.56 Å². The minimum Gasteiger partial charge on any atom is -0.329 e. The van der Waals surface area contributed by atoms with Crippen molar-refractivity contribution in [1.29, 1.82) is 0 Å². The molecule has 6 nitrogen and oxygen atoms in total. The quantitative estimate of drug-likeness (QED) is 0.249. The number of hydrogen-bond donors (Lipinski definition) is 1. The van der Waals surface area contributed by atoms with Crippen LogP contribution in [0.15, 0.2) is 78.9 Å². The number of benzene rings is 3. The van der Waals surface area contributed by atoms with E-state index in [4.69, 9.17) is 39.9 Å². The Labute approximate surface area is 230 Å². The van der Waals surface area contributed by atoms with Gasteiger partial charge < -0.3 is 10.2 Å². The molecule has 0 atom stereocenters. The minimum atomic E-state index is -0.380. The van der Waals surface area contributed by atoms with E-state index in [1.807, 2.05) is 62.4 Å². The number of carbonyl (C=O) groups is 2. The van der Waals surface area contributed by atoms with Gasteiger partial charge in [0.05, 0.1) is 16.4 Å². The molecule has 0 radical (unpaired) electrons. The van der Waals surface area contributed by atoms with Crippen LogP contribution in [0.1, 0.15) is 24.2 Å². The van der Waals surface area contributed by atoms with Gasteiger partial charge in [0, 0.05) is 33.8 Å². The molecule has 0 unspecified atom stereocenters. The van der Waals surface area contributed by atoms with Crippen molar-refractivity contribution in [2.24, 2.45) is 5.92 Å². The van der Waals surface area contributed by atoms with Crippen LogP contribution in [-0.4, -0.2) is 39.6 Å². The van der Waals surface area contributed by atoms with Gasteiger partial charge in [-0.15, -0.1) is 0 Å². The van der Waals surface area contributed by atoms with Crippen LogP contribution in [0.4, 0.5) is 5.82 Å². The van der Waals surface area contributed by atoms with Crippen molar-refractivity contribution in [3.05, 3.63) is 99.5 Å². The summed E-state index contributed by atoms with van der Waals surface area (Å²) in [4.78, 5) is 28.0. The topological polar surface area (TPSA) is 67.2 Å². The zero-order chi connectivity index (χ0) is 26.5. The summed E-state index contributed by atoms with van der Waals surface area (Å²) in [6.45, 7) is 4.15. The van der Waals surface area contributed by atoms with Gasteiger partial charge in [0.15, 0.2) is 0 Å². The summed E-state index contributed by atoms with van der Waals surface area (Å²) >= 11 is 18.7. The SMILES string of the molecule is CC(C)CN(CC(=O)Nc1cc(-c2ccccc2)nn1-c1ccccc1Cl)C(=O)c1cc(Cl)cc(Cl)c1. The van der Waals surface area contributed by atoms with E-state index < -0.39 is 0 Å². The number of hydrogen-bond acceptors (Lipinski definition) is 3. The van der Waals surface area contributed by atoms with Crippen molar-refractivity contribution in [1.82, 2.24) is 14.7 Å². The van der Waals surface area contributed by atoms with Crippen molar-refractivity contribution in [3.8, 4) is 16.9 Å². The van der Waals surface area contributed by atoms with Gasteiger partial charge in [-0.1, -0.05) is 91.1 Å². The predicted molar refractivity (Wildman–Crippen MR) is 150 cm³/mol. The molecule has 0 saturated heterocycles. The third-order valence-corrected chi connectivity index (χ3v) is 6.20. The molecule has 1 heterocycles. The van der Waals surface area contributed by atoms with E-state index in [-0.39, 0.29) is 24.3 Å². The molecular formula is C28H25Cl3N4O2. The molecule has 0 fully saturated rings. The smallest absolute Gasteiger partial charge is 0.254 e. The highest BCUT2D eigenvalue weighted by molar-refractivity contribution is 6.35. The fourth-order valence-electron chi connectivity index (χ4n) is 3.90. The fraction of sp³-hybridized carbons (Fsp3) is 0.179. The Morgan fingerprint density at radius 3 is 2.22 bits per heavy atom. The van der Waals surface area contributed by atoms with Crippen LogP contribution < -0.4 is 5.32 Å². The van der Waals surface area contributed by atoms with Gasteiger partial charge in [0.2, 0.25) is 5.91 Å². The minimum absolute atomic E-state index is 0.129. The van der Waals surface area contributed by atoms with Crippen LogP contribution in [0, 0.1) is 5.92 Å². The van der Waals surface area contributed by atoms with E-state index in [1.54, 1.807) is 35.0 Å². The van der Waals surface area contributed by atoms with Gasteiger partial charge in [0.1, 0.15) is 12.4 Å². The molecular weight excluding hydrogens is 531 g/mol. The number of halogens is 3. The van der Waals surface area contributed by atoms with E-state index in [1.165, 1.54) is 4.90 Å². The first-order valence-electron chi connectivity index (χ1n) is 11.7. The Kier molecular flexibility index (Phi) is 8.54. The second-order valence-corrected chi connectivity index (χ2v) is 10.2. The number of amides is 2. The van der Waals surface area contributed by atoms with Gasteiger partial charge >= 0.3 is 0 Å². The average molecular weight is 556 g/mol. The maximum atomic E-state index is 13.3. The van der Waals surface area contributed by atoms with Gasteiger partial charge in [-0.3, -0.25) is 9.59 Å². The zero-order valence-electron chi connectivity index (χ0n) is 20.3. The molecule has 0 aliphatic heterocycles. The molecule has 4 rings (SSSR count). The van der Waals surface area contributed by atoms with Crippen LogP contribution >= 0.6 is 34.8 Å². The third-order valence-electron chi connectivity index (χ3n) is 5.44. The Balaban J connectivity index is 1.63. The second-order valence-electron chi connectivity index (χ2n) is 8.93. The molecule has 4 aromatic rings. The first-order valence-corrected chi connectivity index (χ1v) is 12.8. The predicted octanol–water partition coefficient (Wildman–Crippen LogP) is 7.24. The normalized spacial score (nSPS) is 11.0. The van der Waals surface area contributed by atoms with Crippen molar-refractivity contribution in [2.75, 3.05) is 18.4 Å². The molecule has 37 heavy (non-hydrogen) atoms. The first kappa shape index (κ1) is 26.7. The lowest BCUT2D eigenvalue weighted by Gasteiger charge is -2.24. The lowest BCUT2D eigenvalue weighted by atomic mass is 10.1. The highest BCUT2D eigenvalue weighted by Crippen LogP contribution is 2.28. The van der Waals surface area contributed by atoms with E-state index in [2.05, 4.69) is 5.32 Å². The molecule has 1 N–H and O–H groups in total. The summed E-state index contributed by atoms with van der Waals surface area (Å²) in [5.74, 6) is -0.155. The molecule has 9 heteroatoms. The van der Waals surface area contributed by atoms with Crippen LogP contribution in [0.3, 0.4) is 0 Å². The molecule has 0 aliphatic rings. The number of aromatic nitrogens is 2. The number of carbonyl (C=O) groups excluding carboxylic acids is 2. The number of nitrogens with one attached hydrogen (secondary N) is 1. The average Bonchev–Trinajstić information content (AvgIpc) is 3.26. The van der Waals surface area contributed by atoms with Crippen LogP contribution in [0.2, 0.25) is 15.1 Å². The summed E-state index contributed by atoms with van der Waals surface area (Å²) < 4.78 is 1.59. The van der Waals surface area contributed by atoms with Gasteiger partial charge in [-0.25, -0.2) is 4.68 Å². The standard InChI is InChI=1S/C28H25Cl3N4O2/c1-18(2)16-34(28(37)20-12-21(29)14-22(30)13-20)17-27(36)32-26-15-24(19-8-4-3-5-9-19)33-35(26)25-11-7-6-10-23(25)31/h3-15,18H,16-17H2,1-2H3,(H,32,36). The lowest BCUT2D eigenvalue weighted by Crippen LogP contribution is -2.40. The molecule has 1 aromatic heterocycles. The van der Waals surface area contributed by atoms with Crippen molar-refractivity contribution >= 4 is 52.4 Å². The third kappa shape index (κ3) is 6.72. The number of rotatable bonds is 8. The zero-order valence-corrected chi connectivity index (χ0v) is 22.6. The Morgan fingerprint density at radius 1 is 0.919 bits per heavy atom. The highest BCUT2D eigenvalue weighted by atomic mass is 35.5. The van der Waals surface area contributed by atoms with E-state index >= 15 is 0 Å². The maximum Gasteiger partial charge on any atom is 0.254 e. The number of nitrogens with zero attached hydrogens (tertiary/aromatic N) is 3. The monoisotopic (exact) mass is 554 g/mol.